The Morgan fingerprint density at radius 1 is 1.43 bits per heavy atom. The molecule has 1 aromatic carbocycles. The van der Waals surface area contributed by atoms with Gasteiger partial charge in [0.2, 0.25) is 5.89 Å². The third-order valence-corrected chi connectivity index (χ3v) is 4.61. The maximum atomic E-state index is 6.50. The summed E-state index contributed by atoms with van der Waals surface area (Å²) in [5, 5.41) is 4.83. The van der Waals surface area contributed by atoms with Crippen molar-refractivity contribution in [3.05, 3.63) is 46.6 Å². The first kappa shape index (κ1) is 14.5. The third kappa shape index (κ3) is 3.11. The Kier molecular flexibility index (Phi) is 4.00. The molecule has 21 heavy (non-hydrogen) atoms. The van der Waals surface area contributed by atoms with E-state index in [0.717, 1.165) is 24.8 Å². The summed E-state index contributed by atoms with van der Waals surface area (Å²) in [6.07, 6.45) is 4.72. The fourth-order valence-electron chi connectivity index (χ4n) is 3.13. The maximum Gasteiger partial charge on any atom is 0.231 e. The Balaban J connectivity index is 1.79. The van der Waals surface area contributed by atoms with Gasteiger partial charge >= 0.3 is 0 Å². The van der Waals surface area contributed by atoms with Gasteiger partial charge in [-0.1, -0.05) is 54.7 Å². The van der Waals surface area contributed by atoms with E-state index in [4.69, 9.17) is 21.9 Å². The normalized spacial score (nSPS) is 26.0. The summed E-state index contributed by atoms with van der Waals surface area (Å²) in [4.78, 5) is 4.52. The second-order valence-electron chi connectivity index (χ2n) is 6.14. The lowest BCUT2D eigenvalue weighted by Crippen LogP contribution is -2.42. The summed E-state index contributed by atoms with van der Waals surface area (Å²) < 4.78 is 5.38. The molecule has 1 fully saturated rings. The smallest absolute Gasteiger partial charge is 0.231 e. The molecule has 0 amide bonds. The zero-order chi connectivity index (χ0) is 14.9. The monoisotopic (exact) mass is 305 g/mol. The van der Waals surface area contributed by atoms with Crippen molar-refractivity contribution in [3.63, 3.8) is 0 Å². The standard InChI is InChI=1S/C16H20ClN3O/c1-11-5-4-8-16(18,10-11)15-19-14(21-20-15)9-12-6-2-3-7-13(12)17/h2-3,6-7,11H,4-5,8-10,18H2,1H3. The van der Waals surface area contributed by atoms with Crippen LogP contribution in [-0.4, -0.2) is 10.1 Å². The number of benzene rings is 1. The molecule has 1 heterocycles. The molecule has 3 rings (SSSR count). The molecule has 1 saturated carbocycles. The molecule has 2 unspecified atom stereocenters. The molecular weight excluding hydrogens is 286 g/mol. The number of hydrogen-bond acceptors (Lipinski definition) is 4. The van der Waals surface area contributed by atoms with Crippen molar-refractivity contribution in [2.45, 2.75) is 44.6 Å². The van der Waals surface area contributed by atoms with E-state index >= 15 is 0 Å². The molecule has 2 aromatic rings. The minimum Gasteiger partial charge on any atom is -0.339 e. The minimum atomic E-state index is -0.445. The van der Waals surface area contributed by atoms with E-state index in [0.29, 0.717) is 29.1 Å². The second kappa shape index (κ2) is 5.78. The van der Waals surface area contributed by atoms with Crippen LogP contribution in [-0.2, 0) is 12.0 Å². The number of nitrogens with zero attached hydrogens (tertiary/aromatic N) is 2. The first-order valence-corrected chi connectivity index (χ1v) is 7.80. The molecule has 2 atom stereocenters. The molecule has 1 aliphatic rings. The van der Waals surface area contributed by atoms with E-state index in [2.05, 4.69) is 17.1 Å². The van der Waals surface area contributed by atoms with Gasteiger partial charge < -0.3 is 10.3 Å². The number of aromatic nitrogens is 2. The highest BCUT2D eigenvalue weighted by atomic mass is 35.5. The van der Waals surface area contributed by atoms with Crippen LogP contribution in [0, 0.1) is 5.92 Å². The lowest BCUT2D eigenvalue weighted by atomic mass is 9.76. The molecule has 112 valence electrons. The molecule has 1 aromatic heterocycles. The van der Waals surface area contributed by atoms with E-state index < -0.39 is 5.54 Å². The first-order valence-electron chi connectivity index (χ1n) is 7.42. The van der Waals surface area contributed by atoms with Gasteiger partial charge in [0.15, 0.2) is 5.82 Å². The summed E-state index contributed by atoms with van der Waals surface area (Å²) in [7, 11) is 0. The molecule has 5 heteroatoms. The third-order valence-electron chi connectivity index (χ3n) is 4.25. The van der Waals surface area contributed by atoms with Gasteiger partial charge in [0.05, 0.1) is 12.0 Å². The Labute approximate surface area is 129 Å². The van der Waals surface area contributed by atoms with Gasteiger partial charge in [-0.05, 0) is 30.4 Å². The van der Waals surface area contributed by atoms with Gasteiger partial charge in [0.1, 0.15) is 0 Å². The summed E-state index contributed by atoms with van der Waals surface area (Å²) in [5.74, 6) is 1.81. The van der Waals surface area contributed by atoms with Crippen molar-refractivity contribution in [2.24, 2.45) is 11.7 Å². The summed E-state index contributed by atoms with van der Waals surface area (Å²) >= 11 is 6.16. The molecule has 0 spiro atoms. The topological polar surface area (TPSA) is 64.9 Å². The molecular formula is C16H20ClN3O. The van der Waals surface area contributed by atoms with Gasteiger partial charge in [-0.2, -0.15) is 4.98 Å². The zero-order valence-electron chi connectivity index (χ0n) is 12.2. The van der Waals surface area contributed by atoms with Crippen molar-refractivity contribution in [3.8, 4) is 0 Å². The average Bonchev–Trinajstić information content (AvgIpc) is 2.91. The lowest BCUT2D eigenvalue weighted by molar-refractivity contribution is 0.221. The van der Waals surface area contributed by atoms with Crippen LogP contribution in [0.25, 0.3) is 0 Å². The molecule has 0 radical (unpaired) electrons. The highest BCUT2D eigenvalue weighted by molar-refractivity contribution is 6.31. The highest BCUT2D eigenvalue weighted by Gasteiger charge is 2.36. The van der Waals surface area contributed by atoms with Crippen molar-refractivity contribution >= 4 is 11.6 Å². The fourth-order valence-corrected chi connectivity index (χ4v) is 3.33. The summed E-state index contributed by atoms with van der Waals surface area (Å²) in [6.45, 7) is 2.23. The Morgan fingerprint density at radius 3 is 3.00 bits per heavy atom. The van der Waals surface area contributed by atoms with Gasteiger partial charge in [0.25, 0.3) is 0 Å². The van der Waals surface area contributed by atoms with E-state index in [1.165, 1.54) is 6.42 Å². The van der Waals surface area contributed by atoms with Crippen LogP contribution < -0.4 is 5.73 Å². The predicted octanol–water partition coefficient (Wildman–Crippen LogP) is 3.68. The van der Waals surface area contributed by atoms with Crippen LogP contribution in [0.4, 0.5) is 0 Å². The molecule has 1 aliphatic carbocycles. The zero-order valence-corrected chi connectivity index (χ0v) is 12.9. The van der Waals surface area contributed by atoms with Crippen LogP contribution in [0.15, 0.2) is 28.8 Å². The van der Waals surface area contributed by atoms with E-state index in [9.17, 15) is 0 Å². The van der Waals surface area contributed by atoms with Crippen LogP contribution in [0.1, 0.15) is 49.9 Å². The quantitative estimate of drug-likeness (QED) is 0.939. The van der Waals surface area contributed by atoms with Gasteiger partial charge in [-0.15, -0.1) is 0 Å². The SMILES string of the molecule is CC1CCCC(N)(c2noc(Cc3ccccc3Cl)n2)C1. The van der Waals surface area contributed by atoms with Crippen LogP contribution in [0.3, 0.4) is 0 Å². The Hall–Kier alpha value is -1.39. The largest absolute Gasteiger partial charge is 0.339 e. The second-order valence-corrected chi connectivity index (χ2v) is 6.54. The lowest BCUT2D eigenvalue weighted by Gasteiger charge is -2.33. The van der Waals surface area contributed by atoms with Gasteiger partial charge in [0, 0.05) is 5.02 Å². The maximum absolute atomic E-state index is 6.50. The first-order chi connectivity index (χ1) is 10.1. The molecule has 0 bridgehead atoms. The van der Waals surface area contributed by atoms with Crippen molar-refractivity contribution < 1.29 is 4.52 Å². The number of halogens is 1. The predicted molar refractivity (Wildman–Crippen MR) is 82.1 cm³/mol. The Bertz CT molecular complexity index is 627. The molecule has 4 nitrogen and oxygen atoms in total. The molecule has 0 aliphatic heterocycles. The van der Waals surface area contributed by atoms with Gasteiger partial charge in [-0.3, -0.25) is 0 Å². The van der Waals surface area contributed by atoms with Crippen LogP contribution in [0.2, 0.25) is 5.02 Å². The summed E-state index contributed by atoms with van der Waals surface area (Å²) in [5.41, 5.74) is 7.04. The van der Waals surface area contributed by atoms with Crippen molar-refractivity contribution in [2.75, 3.05) is 0 Å². The molecule has 2 N–H and O–H groups in total. The average molecular weight is 306 g/mol. The van der Waals surface area contributed by atoms with E-state index in [1.54, 1.807) is 0 Å². The fraction of sp³-hybridized carbons (Fsp3) is 0.500. The number of nitrogens with two attached hydrogens (primary N) is 1. The Morgan fingerprint density at radius 2 is 2.24 bits per heavy atom. The van der Waals surface area contributed by atoms with Crippen molar-refractivity contribution in [1.82, 2.24) is 10.1 Å². The summed E-state index contributed by atoms with van der Waals surface area (Å²) in [6, 6.07) is 7.68. The highest BCUT2D eigenvalue weighted by Crippen LogP contribution is 2.36. The van der Waals surface area contributed by atoms with Crippen LogP contribution in [0.5, 0.6) is 0 Å². The van der Waals surface area contributed by atoms with Crippen molar-refractivity contribution in [1.29, 1.82) is 0 Å². The molecule has 0 saturated heterocycles. The van der Waals surface area contributed by atoms with E-state index in [-0.39, 0.29) is 0 Å². The van der Waals surface area contributed by atoms with E-state index in [1.807, 2.05) is 24.3 Å². The van der Waals surface area contributed by atoms with Gasteiger partial charge in [-0.25, -0.2) is 0 Å². The number of hydrogen-bond donors (Lipinski definition) is 1. The minimum absolute atomic E-state index is 0.445. The number of rotatable bonds is 3. The van der Waals surface area contributed by atoms with Crippen LogP contribution >= 0.6 is 11.6 Å².